The van der Waals surface area contributed by atoms with E-state index < -0.39 is 5.97 Å². The summed E-state index contributed by atoms with van der Waals surface area (Å²) >= 11 is 14.3. The van der Waals surface area contributed by atoms with Gasteiger partial charge in [-0.25, -0.2) is 9.79 Å². The molecule has 0 atom stereocenters. The zero-order chi connectivity index (χ0) is 24.2. The maximum atomic E-state index is 12.5. The van der Waals surface area contributed by atoms with Crippen molar-refractivity contribution in [3.05, 3.63) is 93.6 Å². The smallest absolute Gasteiger partial charge is 0.363 e. The van der Waals surface area contributed by atoms with Crippen molar-refractivity contribution < 1.29 is 19.0 Å². The molecule has 0 aromatic heterocycles. The van der Waals surface area contributed by atoms with E-state index in [2.05, 4.69) is 72.2 Å². The van der Waals surface area contributed by atoms with Crippen molar-refractivity contribution in [2.75, 3.05) is 6.61 Å². The average molecular weight is 765 g/mol. The fraction of sp³-hybridized carbons (Fsp3) is 0.120. The van der Waals surface area contributed by atoms with E-state index in [1.165, 1.54) is 0 Å². The number of carbonyl (C=O) groups is 1. The Labute approximate surface area is 237 Å². The molecule has 9 heteroatoms. The summed E-state index contributed by atoms with van der Waals surface area (Å²) in [4.78, 5) is 16.9. The molecule has 34 heavy (non-hydrogen) atoms. The number of cyclic esters (lactones) is 1. The van der Waals surface area contributed by atoms with Gasteiger partial charge < -0.3 is 14.2 Å². The highest BCUT2D eigenvalue weighted by molar-refractivity contribution is 14.1. The fourth-order valence-corrected chi connectivity index (χ4v) is 5.07. The van der Waals surface area contributed by atoms with Gasteiger partial charge in [0.25, 0.3) is 0 Å². The standard InChI is InChI=1S/C25H17BrClI2NO4/c1-2-32-22-11-15(9-19(26)23(22)33-13-14-4-3-5-16(28)8-14)10-21-25(31)34-24(30-21)18-12-17(29)6-7-20(18)27/h3-12H,2,13H2,1H3/b21-10-. The second kappa shape index (κ2) is 11.4. The Balaban J connectivity index is 1.63. The quantitative estimate of drug-likeness (QED) is 0.141. The number of carbonyl (C=O) groups excluding carboxylic acids is 1. The first-order valence-corrected chi connectivity index (χ1v) is 13.5. The summed E-state index contributed by atoms with van der Waals surface area (Å²) in [5.74, 6) is 0.789. The molecule has 1 aliphatic rings. The van der Waals surface area contributed by atoms with Crippen molar-refractivity contribution in [1.29, 1.82) is 0 Å². The van der Waals surface area contributed by atoms with Crippen molar-refractivity contribution in [2.45, 2.75) is 13.5 Å². The molecule has 0 spiro atoms. The molecule has 3 aromatic rings. The van der Waals surface area contributed by atoms with Crippen molar-refractivity contribution in [1.82, 2.24) is 0 Å². The minimum atomic E-state index is -0.544. The molecule has 0 amide bonds. The van der Waals surface area contributed by atoms with Crippen LogP contribution in [0.3, 0.4) is 0 Å². The van der Waals surface area contributed by atoms with Crippen molar-refractivity contribution >= 4 is 90.7 Å². The minimum Gasteiger partial charge on any atom is -0.490 e. The van der Waals surface area contributed by atoms with Crippen LogP contribution in [0, 0.1) is 7.14 Å². The number of esters is 1. The molecule has 3 aromatic carbocycles. The first kappa shape index (κ1) is 25.5. The molecular weight excluding hydrogens is 747 g/mol. The van der Waals surface area contributed by atoms with Crippen LogP contribution in [0.4, 0.5) is 0 Å². The second-order valence-corrected chi connectivity index (χ2v) is 10.9. The number of hydrogen-bond acceptors (Lipinski definition) is 5. The second-order valence-electron chi connectivity index (χ2n) is 7.14. The van der Waals surface area contributed by atoms with E-state index in [4.69, 9.17) is 25.8 Å². The Morgan fingerprint density at radius 1 is 1.09 bits per heavy atom. The number of halogens is 4. The van der Waals surface area contributed by atoms with Crippen LogP contribution in [0.1, 0.15) is 23.6 Å². The van der Waals surface area contributed by atoms with Crippen LogP contribution in [0.15, 0.2) is 69.8 Å². The lowest BCUT2D eigenvalue weighted by Gasteiger charge is -2.15. The molecule has 5 nitrogen and oxygen atoms in total. The molecule has 0 N–H and O–H groups in total. The monoisotopic (exact) mass is 763 g/mol. The van der Waals surface area contributed by atoms with E-state index in [-0.39, 0.29) is 11.6 Å². The Morgan fingerprint density at radius 2 is 1.88 bits per heavy atom. The van der Waals surface area contributed by atoms with Crippen molar-refractivity contribution in [3.8, 4) is 11.5 Å². The molecular formula is C25H17BrClI2NO4. The molecule has 0 saturated carbocycles. The van der Waals surface area contributed by atoms with Crippen LogP contribution >= 0.6 is 72.7 Å². The Morgan fingerprint density at radius 3 is 2.65 bits per heavy atom. The average Bonchev–Trinajstić information content (AvgIpc) is 3.15. The zero-order valence-corrected chi connectivity index (χ0v) is 24.4. The molecule has 0 radical (unpaired) electrons. The van der Waals surface area contributed by atoms with Gasteiger partial charge in [-0.05, 0) is 128 Å². The number of aliphatic imine (C=N–C) groups is 1. The van der Waals surface area contributed by atoms with E-state index in [1.54, 1.807) is 12.1 Å². The van der Waals surface area contributed by atoms with Crippen molar-refractivity contribution in [2.24, 2.45) is 4.99 Å². The highest BCUT2D eigenvalue weighted by atomic mass is 127. The van der Waals surface area contributed by atoms with Gasteiger partial charge in [-0.15, -0.1) is 0 Å². The summed E-state index contributed by atoms with van der Waals surface area (Å²) < 4.78 is 20.1. The Hall–Kier alpha value is -1.63. The molecule has 1 heterocycles. The first-order chi connectivity index (χ1) is 16.3. The van der Waals surface area contributed by atoms with Gasteiger partial charge >= 0.3 is 5.97 Å². The lowest BCUT2D eigenvalue weighted by Crippen LogP contribution is -2.06. The summed E-state index contributed by atoms with van der Waals surface area (Å²) in [6, 6.07) is 17.2. The molecule has 0 unspecified atom stereocenters. The predicted molar refractivity (Wildman–Crippen MR) is 154 cm³/mol. The molecule has 1 aliphatic heterocycles. The van der Waals surface area contributed by atoms with Crippen LogP contribution in [0.25, 0.3) is 6.08 Å². The van der Waals surface area contributed by atoms with E-state index in [9.17, 15) is 4.79 Å². The zero-order valence-electron chi connectivity index (χ0n) is 17.8. The predicted octanol–water partition coefficient (Wildman–Crippen LogP) is 7.63. The maximum Gasteiger partial charge on any atom is 0.363 e. The van der Waals surface area contributed by atoms with Crippen LogP contribution in [-0.4, -0.2) is 18.5 Å². The number of benzene rings is 3. The van der Waals surface area contributed by atoms with E-state index >= 15 is 0 Å². The highest BCUT2D eigenvalue weighted by Gasteiger charge is 2.26. The Bertz CT molecular complexity index is 1330. The molecule has 0 fully saturated rings. The summed E-state index contributed by atoms with van der Waals surface area (Å²) in [5, 5.41) is 0.462. The van der Waals surface area contributed by atoms with E-state index in [0.717, 1.165) is 12.7 Å². The minimum absolute atomic E-state index is 0.173. The SMILES string of the molecule is CCOc1cc(/C=C2\N=C(c3cc(I)ccc3Cl)OC2=O)cc(Br)c1OCc1cccc(I)c1. The summed E-state index contributed by atoms with van der Waals surface area (Å²) in [6.45, 7) is 2.76. The third-order valence-electron chi connectivity index (χ3n) is 4.69. The lowest BCUT2D eigenvalue weighted by molar-refractivity contribution is -0.129. The number of rotatable bonds is 7. The fourth-order valence-electron chi connectivity index (χ4n) is 3.20. The van der Waals surface area contributed by atoms with Crippen molar-refractivity contribution in [3.63, 3.8) is 0 Å². The van der Waals surface area contributed by atoms with Gasteiger partial charge in [-0.2, -0.15) is 0 Å². The largest absolute Gasteiger partial charge is 0.490 e. The van der Waals surface area contributed by atoms with E-state index in [1.807, 2.05) is 49.4 Å². The van der Waals surface area contributed by atoms with Gasteiger partial charge in [0.1, 0.15) is 6.61 Å². The van der Waals surface area contributed by atoms with Crippen LogP contribution in [-0.2, 0) is 16.1 Å². The molecule has 0 aliphatic carbocycles. The molecule has 174 valence electrons. The maximum absolute atomic E-state index is 12.5. The highest BCUT2D eigenvalue weighted by Crippen LogP contribution is 2.38. The van der Waals surface area contributed by atoms with Crippen LogP contribution in [0.5, 0.6) is 11.5 Å². The normalized spacial score (nSPS) is 14.2. The van der Waals surface area contributed by atoms with Gasteiger partial charge in [0.2, 0.25) is 5.90 Å². The van der Waals surface area contributed by atoms with Gasteiger partial charge in [0, 0.05) is 7.14 Å². The third kappa shape index (κ3) is 6.13. The summed E-state index contributed by atoms with van der Waals surface area (Å²) in [6.07, 6.45) is 1.65. The number of nitrogens with zero attached hydrogens (tertiary/aromatic N) is 1. The summed E-state index contributed by atoms with van der Waals surface area (Å²) in [7, 11) is 0. The number of hydrogen-bond donors (Lipinski definition) is 0. The molecule has 0 saturated heterocycles. The van der Waals surface area contributed by atoms with Crippen LogP contribution < -0.4 is 9.47 Å². The van der Waals surface area contributed by atoms with Gasteiger partial charge in [0.15, 0.2) is 17.2 Å². The molecule has 4 rings (SSSR count). The van der Waals surface area contributed by atoms with Gasteiger partial charge in [0.05, 0.1) is 21.7 Å². The lowest BCUT2D eigenvalue weighted by atomic mass is 10.1. The number of ether oxygens (including phenoxy) is 3. The van der Waals surface area contributed by atoms with E-state index in [0.29, 0.717) is 45.3 Å². The third-order valence-corrected chi connectivity index (χ3v) is 6.95. The van der Waals surface area contributed by atoms with Gasteiger partial charge in [-0.1, -0.05) is 23.7 Å². The Kier molecular flexibility index (Phi) is 8.54. The van der Waals surface area contributed by atoms with Crippen LogP contribution in [0.2, 0.25) is 5.02 Å². The first-order valence-electron chi connectivity index (χ1n) is 10.2. The van der Waals surface area contributed by atoms with Gasteiger partial charge in [-0.3, -0.25) is 0 Å². The summed E-state index contributed by atoms with van der Waals surface area (Å²) in [5.41, 5.74) is 2.51. The topological polar surface area (TPSA) is 57.1 Å². The molecule has 0 bridgehead atoms.